The molecule has 2 aromatic carbocycles. The Balaban J connectivity index is 1.81. The van der Waals surface area contributed by atoms with Crippen molar-refractivity contribution < 1.29 is 18.6 Å². The number of nitrogens with two attached hydrogens (primary N) is 1. The molecule has 2 heterocycles. The van der Waals surface area contributed by atoms with E-state index in [4.69, 9.17) is 43.1 Å². The van der Waals surface area contributed by atoms with Gasteiger partial charge in [-0.05, 0) is 24.3 Å². The van der Waals surface area contributed by atoms with Crippen molar-refractivity contribution in [2.75, 3.05) is 14.2 Å². The predicted octanol–water partition coefficient (Wildman–Crippen LogP) is 5.00. The van der Waals surface area contributed by atoms with Crippen molar-refractivity contribution in [1.29, 1.82) is 5.26 Å². The maximum absolute atomic E-state index is 13.9. The summed E-state index contributed by atoms with van der Waals surface area (Å²) in [5, 5.41) is 17.0. The SMILES string of the molecule is COc1cc(C#N)cc(-c2n[nH]c3cc(OC)c(O[C@H](N)c4c(Cl)cnc(F)c4Cl)cc23)c1. The third-order valence-electron chi connectivity index (χ3n) is 4.90. The predicted molar refractivity (Wildman–Crippen MR) is 121 cm³/mol. The van der Waals surface area contributed by atoms with Crippen LogP contribution in [0, 0.1) is 17.3 Å². The molecule has 11 heteroatoms. The minimum Gasteiger partial charge on any atom is -0.497 e. The molecule has 1 atom stereocenters. The molecule has 4 rings (SSSR count). The molecule has 0 aliphatic rings. The first-order chi connectivity index (χ1) is 15.9. The van der Waals surface area contributed by atoms with Crippen LogP contribution in [0.2, 0.25) is 10.0 Å². The second-order valence-corrected chi connectivity index (χ2v) is 7.63. The Morgan fingerprint density at radius 1 is 1.12 bits per heavy atom. The molecule has 0 aliphatic heterocycles. The number of aromatic nitrogens is 3. The van der Waals surface area contributed by atoms with E-state index in [9.17, 15) is 9.65 Å². The summed E-state index contributed by atoms with van der Waals surface area (Å²) < 4.78 is 30.4. The molecule has 0 spiro atoms. The summed E-state index contributed by atoms with van der Waals surface area (Å²) in [7, 11) is 2.98. The minimum absolute atomic E-state index is 0.0480. The number of H-pyrrole nitrogens is 1. The summed E-state index contributed by atoms with van der Waals surface area (Å²) in [5.74, 6) is 0.184. The third-order valence-corrected chi connectivity index (χ3v) is 5.56. The first-order valence-corrected chi connectivity index (χ1v) is 10.2. The molecule has 3 N–H and O–H groups in total. The van der Waals surface area contributed by atoms with E-state index in [0.717, 1.165) is 6.20 Å². The number of methoxy groups -OCH3 is 2. The number of hydrogen-bond acceptors (Lipinski definition) is 7. The van der Waals surface area contributed by atoms with Crippen molar-refractivity contribution in [3.8, 4) is 34.6 Å². The fourth-order valence-electron chi connectivity index (χ4n) is 3.33. The van der Waals surface area contributed by atoms with Crippen molar-refractivity contribution in [2.24, 2.45) is 5.73 Å². The molecule has 0 bridgehead atoms. The minimum atomic E-state index is -1.22. The van der Waals surface area contributed by atoms with Gasteiger partial charge in [0.25, 0.3) is 0 Å². The van der Waals surface area contributed by atoms with Crippen molar-refractivity contribution in [3.63, 3.8) is 0 Å². The number of nitrogens with zero attached hydrogens (tertiary/aromatic N) is 3. The molecule has 0 amide bonds. The van der Waals surface area contributed by atoms with E-state index >= 15 is 0 Å². The van der Waals surface area contributed by atoms with E-state index in [2.05, 4.69) is 21.3 Å². The molecule has 0 saturated heterocycles. The zero-order valence-electron chi connectivity index (χ0n) is 17.3. The van der Waals surface area contributed by atoms with Crippen molar-refractivity contribution in [1.82, 2.24) is 15.2 Å². The van der Waals surface area contributed by atoms with Gasteiger partial charge in [0.1, 0.15) is 16.5 Å². The Morgan fingerprint density at radius 2 is 1.91 bits per heavy atom. The number of nitriles is 1. The van der Waals surface area contributed by atoms with Gasteiger partial charge in [-0.15, -0.1) is 0 Å². The summed E-state index contributed by atoms with van der Waals surface area (Å²) in [6.07, 6.45) is -0.114. The lowest BCUT2D eigenvalue weighted by Crippen LogP contribution is -2.19. The highest BCUT2D eigenvalue weighted by atomic mass is 35.5. The second-order valence-electron chi connectivity index (χ2n) is 6.85. The van der Waals surface area contributed by atoms with Crippen molar-refractivity contribution in [3.05, 3.63) is 63.6 Å². The smallest absolute Gasteiger partial charge is 0.232 e. The second kappa shape index (κ2) is 9.11. The quantitative estimate of drug-likeness (QED) is 0.290. The van der Waals surface area contributed by atoms with Gasteiger partial charge in [0.2, 0.25) is 5.95 Å². The van der Waals surface area contributed by atoms with E-state index in [-0.39, 0.29) is 21.4 Å². The van der Waals surface area contributed by atoms with Gasteiger partial charge in [0.05, 0.1) is 42.0 Å². The highest BCUT2D eigenvalue weighted by molar-refractivity contribution is 6.35. The number of aromatic amines is 1. The van der Waals surface area contributed by atoms with Crippen LogP contribution >= 0.6 is 23.2 Å². The fourth-order valence-corrected chi connectivity index (χ4v) is 3.88. The molecule has 0 saturated carbocycles. The van der Waals surface area contributed by atoms with Gasteiger partial charge in [-0.3, -0.25) is 10.8 Å². The normalized spacial score (nSPS) is 11.8. The van der Waals surface area contributed by atoms with Crippen LogP contribution in [0.25, 0.3) is 22.2 Å². The molecule has 0 unspecified atom stereocenters. The molecule has 8 nitrogen and oxygen atoms in total. The van der Waals surface area contributed by atoms with Crippen LogP contribution in [0.15, 0.2) is 36.5 Å². The fraction of sp³-hybridized carbons (Fsp3) is 0.136. The van der Waals surface area contributed by atoms with Gasteiger partial charge in [-0.25, -0.2) is 4.98 Å². The molecule has 2 aromatic heterocycles. The van der Waals surface area contributed by atoms with Gasteiger partial charge in [-0.2, -0.15) is 14.8 Å². The van der Waals surface area contributed by atoms with E-state index in [0.29, 0.717) is 39.2 Å². The van der Waals surface area contributed by atoms with Crippen LogP contribution < -0.4 is 19.9 Å². The summed E-state index contributed by atoms with van der Waals surface area (Å²) in [5.41, 5.74) is 8.46. The Bertz CT molecular complexity index is 1400. The van der Waals surface area contributed by atoms with Gasteiger partial charge in [0, 0.05) is 23.2 Å². The van der Waals surface area contributed by atoms with Crippen LogP contribution in [0.1, 0.15) is 17.4 Å². The third kappa shape index (κ3) is 4.24. The largest absolute Gasteiger partial charge is 0.497 e. The summed E-state index contributed by atoms with van der Waals surface area (Å²) in [4.78, 5) is 3.46. The van der Waals surface area contributed by atoms with Gasteiger partial charge < -0.3 is 14.2 Å². The molecule has 0 radical (unpaired) electrons. The van der Waals surface area contributed by atoms with Crippen LogP contribution in [-0.4, -0.2) is 29.4 Å². The number of fused-ring (bicyclic) bond motifs is 1. The number of nitrogens with one attached hydrogen (secondary N) is 1. The van der Waals surface area contributed by atoms with Crippen LogP contribution in [-0.2, 0) is 0 Å². The lowest BCUT2D eigenvalue weighted by molar-refractivity contribution is 0.204. The summed E-state index contributed by atoms with van der Waals surface area (Å²) >= 11 is 12.1. The highest BCUT2D eigenvalue weighted by Gasteiger charge is 2.22. The van der Waals surface area contributed by atoms with Gasteiger partial charge in [-0.1, -0.05) is 23.2 Å². The van der Waals surface area contributed by atoms with Gasteiger partial charge >= 0.3 is 0 Å². The Hall–Kier alpha value is -3.58. The Labute approximate surface area is 197 Å². The highest BCUT2D eigenvalue weighted by Crippen LogP contribution is 2.39. The Morgan fingerprint density at radius 3 is 2.61 bits per heavy atom. The van der Waals surface area contributed by atoms with Gasteiger partial charge in [0.15, 0.2) is 17.7 Å². The maximum Gasteiger partial charge on any atom is 0.232 e. The monoisotopic (exact) mass is 487 g/mol. The molecule has 4 aromatic rings. The first kappa shape index (κ1) is 22.6. The molecular weight excluding hydrogens is 472 g/mol. The van der Waals surface area contributed by atoms with Crippen molar-refractivity contribution in [2.45, 2.75) is 6.23 Å². The Kier molecular flexibility index (Phi) is 6.24. The molecule has 0 fully saturated rings. The van der Waals surface area contributed by atoms with Crippen LogP contribution in [0.4, 0.5) is 4.39 Å². The molecule has 33 heavy (non-hydrogen) atoms. The zero-order chi connectivity index (χ0) is 23.7. The average Bonchev–Trinajstić information content (AvgIpc) is 3.23. The number of rotatable bonds is 6. The molecule has 0 aliphatic carbocycles. The topological polar surface area (TPSA) is 119 Å². The number of hydrogen-bond donors (Lipinski definition) is 2. The molecular formula is C22H16Cl2FN5O3. The number of halogens is 3. The maximum atomic E-state index is 13.9. The lowest BCUT2D eigenvalue weighted by atomic mass is 10.0. The van der Waals surface area contributed by atoms with E-state index < -0.39 is 12.2 Å². The standard InChI is InChI=1S/C22H16Cl2FN5O3/c1-31-12-4-10(8-26)3-11(5-12)20-13-6-17(16(32-2)7-15(13)29-30-20)33-22(27)18-14(23)9-28-21(25)19(18)24/h3-7,9,22H,27H2,1-2H3,(H,29,30)/t22-/m0/s1. The number of pyridine rings is 1. The first-order valence-electron chi connectivity index (χ1n) is 9.43. The number of ether oxygens (including phenoxy) is 3. The van der Waals surface area contributed by atoms with Crippen molar-refractivity contribution >= 4 is 34.1 Å². The lowest BCUT2D eigenvalue weighted by Gasteiger charge is -2.19. The van der Waals surface area contributed by atoms with E-state index in [1.165, 1.54) is 14.2 Å². The number of benzene rings is 2. The molecule has 168 valence electrons. The van der Waals surface area contributed by atoms with E-state index in [1.807, 2.05) is 0 Å². The van der Waals surface area contributed by atoms with E-state index in [1.54, 1.807) is 30.3 Å². The zero-order valence-corrected chi connectivity index (χ0v) is 18.8. The van der Waals surface area contributed by atoms with Crippen LogP contribution in [0.5, 0.6) is 17.2 Å². The summed E-state index contributed by atoms with van der Waals surface area (Å²) in [6, 6.07) is 10.5. The summed E-state index contributed by atoms with van der Waals surface area (Å²) in [6.45, 7) is 0. The average molecular weight is 488 g/mol. The van der Waals surface area contributed by atoms with Crippen LogP contribution in [0.3, 0.4) is 0 Å².